The summed E-state index contributed by atoms with van der Waals surface area (Å²) < 4.78 is 38.9. The molecule has 0 fully saturated rings. The summed E-state index contributed by atoms with van der Waals surface area (Å²) in [6.07, 6.45) is -3.83. The summed E-state index contributed by atoms with van der Waals surface area (Å²) >= 11 is 2.96. The zero-order valence-corrected chi connectivity index (χ0v) is 10.5. The number of pyridine rings is 1. The van der Waals surface area contributed by atoms with E-state index in [1.54, 1.807) is 0 Å². The molecule has 96 valence electrons. The van der Waals surface area contributed by atoms with E-state index in [9.17, 15) is 18.0 Å². The fourth-order valence-corrected chi connectivity index (χ4v) is 2.16. The van der Waals surface area contributed by atoms with Crippen molar-refractivity contribution in [2.45, 2.75) is 13.1 Å². The Hall–Kier alpha value is -1.57. The Kier molecular flexibility index (Phi) is 2.84. The lowest BCUT2D eigenvalue weighted by atomic mass is 10.2. The molecule has 1 N–H and O–H groups in total. The molecule has 0 saturated carbocycles. The van der Waals surface area contributed by atoms with Crippen LogP contribution in [0.2, 0.25) is 0 Å². The molecule has 0 aromatic carbocycles. The third kappa shape index (κ3) is 1.96. The molecule has 0 amide bonds. The third-order valence-corrected chi connectivity index (χ3v) is 2.96. The molecular formula is C10H6BrF3N2O2. The molecule has 0 atom stereocenters. The number of alkyl halides is 3. The number of hydrogen-bond acceptors (Lipinski definition) is 2. The molecule has 0 saturated heterocycles. The van der Waals surface area contributed by atoms with Crippen LogP contribution < -0.4 is 0 Å². The second-order valence-electron chi connectivity index (χ2n) is 3.62. The number of carbonyl (C=O) groups is 1. The summed E-state index contributed by atoms with van der Waals surface area (Å²) in [7, 11) is 0. The maximum absolute atomic E-state index is 12.6. The first kappa shape index (κ1) is 12.9. The van der Waals surface area contributed by atoms with Crippen molar-refractivity contribution in [1.29, 1.82) is 0 Å². The number of halogens is 4. The molecule has 2 heterocycles. The lowest BCUT2D eigenvalue weighted by Crippen LogP contribution is -2.09. The third-order valence-electron chi connectivity index (χ3n) is 2.38. The van der Waals surface area contributed by atoms with Crippen molar-refractivity contribution in [1.82, 2.24) is 9.38 Å². The Morgan fingerprint density at radius 1 is 1.50 bits per heavy atom. The summed E-state index contributed by atoms with van der Waals surface area (Å²) in [6, 6.07) is 0.868. The molecule has 0 aliphatic rings. The van der Waals surface area contributed by atoms with E-state index in [0.717, 1.165) is 16.7 Å². The van der Waals surface area contributed by atoms with Gasteiger partial charge in [0.2, 0.25) is 0 Å². The van der Waals surface area contributed by atoms with Gasteiger partial charge in [-0.1, -0.05) is 0 Å². The largest absolute Gasteiger partial charge is 0.477 e. The van der Waals surface area contributed by atoms with Gasteiger partial charge in [0.25, 0.3) is 0 Å². The highest BCUT2D eigenvalue weighted by Crippen LogP contribution is 2.33. The van der Waals surface area contributed by atoms with Crippen molar-refractivity contribution in [3.8, 4) is 0 Å². The van der Waals surface area contributed by atoms with E-state index in [-0.39, 0.29) is 21.5 Å². The molecule has 0 radical (unpaired) electrons. The first-order valence-electron chi connectivity index (χ1n) is 4.70. The van der Waals surface area contributed by atoms with Crippen molar-refractivity contribution < 1.29 is 23.1 Å². The first-order valence-corrected chi connectivity index (χ1v) is 5.50. The van der Waals surface area contributed by atoms with E-state index in [1.807, 2.05) is 0 Å². The molecule has 18 heavy (non-hydrogen) atoms. The average Bonchev–Trinajstić information content (AvgIpc) is 2.53. The molecule has 0 aliphatic heterocycles. The Morgan fingerprint density at radius 3 is 2.61 bits per heavy atom. The van der Waals surface area contributed by atoms with Crippen molar-refractivity contribution in [2.75, 3.05) is 0 Å². The van der Waals surface area contributed by atoms with Gasteiger partial charge in [0, 0.05) is 6.20 Å². The molecule has 0 spiro atoms. The van der Waals surface area contributed by atoms with Gasteiger partial charge in [-0.15, -0.1) is 0 Å². The van der Waals surface area contributed by atoms with Gasteiger partial charge in [0.15, 0.2) is 11.3 Å². The van der Waals surface area contributed by atoms with Crippen LogP contribution in [0.5, 0.6) is 0 Å². The van der Waals surface area contributed by atoms with E-state index in [1.165, 1.54) is 6.92 Å². The van der Waals surface area contributed by atoms with Gasteiger partial charge < -0.3 is 5.11 Å². The van der Waals surface area contributed by atoms with Gasteiger partial charge in [0.1, 0.15) is 0 Å². The number of nitrogens with zero attached hydrogens (tertiary/aromatic N) is 2. The number of carboxylic acids is 1. The van der Waals surface area contributed by atoms with Crippen LogP contribution in [0.4, 0.5) is 13.2 Å². The number of hydrogen-bond donors (Lipinski definition) is 1. The van der Waals surface area contributed by atoms with E-state index in [0.29, 0.717) is 0 Å². The molecule has 2 rings (SSSR count). The smallest absolute Gasteiger partial charge is 0.417 e. The molecular weight excluding hydrogens is 317 g/mol. The Morgan fingerprint density at radius 2 is 2.11 bits per heavy atom. The summed E-state index contributed by atoms with van der Waals surface area (Å²) in [5.41, 5.74) is -0.931. The SMILES string of the molecule is Cc1nc2c(Br)cc(C(F)(F)F)cn2c1C(=O)O. The van der Waals surface area contributed by atoms with Gasteiger partial charge in [-0.3, -0.25) is 4.40 Å². The molecule has 2 aromatic heterocycles. The summed E-state index contributed by atoms with van der Waals surface area (Å²) in [5, 5.41) is 8.98. The fraction of sp³-hybridized carbons (Fsp3) is 0.200. The van der Waals surface area contributed by atoms with Gasteiger partial charge in [0.05, 0.1) is 15.7 Å². The maximum atomic E-state index is 12.6. The van der Waals surface area contributed by atoms with E-state index >= 15 is 0 Å². The molecule has 0 aliphatic carbocycles. The monoisotopic (exact) mass is 322 g/mol. The topological polar surface area (TPSA) is 54.6 Å². The zero-order valence-electron chi connectivity index (χ0n) is 8.92. The number of carboxylic acid groups (broad SMARTS) is 1. The second kappa shape index (κ2) is 3.98. The van der Waals surface area contributed by atoms with Crippen molar-refractivity contribution >= 4 is 27.5 Å². The molecule has 8 heteroatoms. The van der Waals surface area contributed by atoms with Gasteiger partial charge >= 0.3 is 12.1 Å². The highest BCUT2D eigenvalue weighted by Gasteiger charge is 2.32. The Bertz CT molecular complexity index is 649. The Balaban J connectivity index is 2.85. The summed E-state index contributed by atoms with van der Waals surface area (Å²) in [5.74, 6) is -1.33. The molecule has 0 unspecified atom stereocenters. The summed E-state index contributed by atoms with van der Waals surface area (Å²) in [4.78, 5) is 14.9. The fourth-order valence-electron chi connectivity index (χ4n) is 1.63. The lowest BCUT2D eigenvalue weighted by molar-refractivity contribution is -0.137. The number of aromatic carboxylic acids is 1. The van der Waals surface area contributed by atoms with Gasteiger partial charge in [-0.05, 0) is 28.9 Å². The number of aryl methyl sites for hydroxylation is 1. The number of fused-ring (bicyclic) bond motifs is 1. The van der Waals surface area contributed by atoms with Crippen LogP contribution in [0, 0.1) is 6.92 Å². The van der Waals surface area contributed by atoms with Crippen molar-refractivity contribution in [3.05, 3.63) is 33.7 Å². The van der Waals surface area contributed by atoms with Crippen LogP contribution >= 0.6 is 15.9 Å². The van der Waals surface area contributed by atoms with Crippen LogP contribution in [0.3, 0.4) is 0 Å². The predicted molar refractivity (Wildman–Crippen MR) is 59.6 cm³/mol. The molecule has 2 aromatic rings. The Labute approximate surface area is 107 Å². The van der Waals surface area contributed by atoms with E-state index in [2.05, 4.69) is 20.9 Å². The average molecular weight is 323 g/mol. The first-order chi connectivity index (χ1) is 8.21. The highest BCUT2D eigenvalue weighted by molar-refractivity contribution is 9.10. The minimum atomic E-state index is -4.55. The van der Waals surface area contributed by atoms with Gasteiger partial charge in [-0.25, -0.2) is 9.78 Å². The highest BCUT2D eigenvalue weighted by atomic mass is 79.9. The van der Waals surface area contributed by atoms with Crippen LogP contribution in [0.1, 0.15) is 21.7 Å². The van der Waals surface area contributed by atoms with Crippen LogP contribution in [-0.4, -0.2) is 20.5 Å². The quantitative estimate of drug-likeness (QED) is 0.877. The zero-order chi connectivity index (χ0) is 13.7. The lowest BCUT2D eigenvalue weighted by Gasteiger charge is -2.08. The summed E-state index contributed by atoms with van der Waals surface area (Å²) in [6.45, 7) is 1.43. The van der Waals surface area contributed by atoms with Gasteiger partial charge in [-0.2, -0.15) is 13.2 Å². The second-order valence-corrected chi connectivity index (χ2v) is 4.47. The normalized spacial score (nSPS) is 12.1. The number of aromatic nitrogens is 2. The molecule has 0 bridgehead atoms. The predicted octanol–water partition coefficient (Wildman–Crippen LogP) is 3.12. The van der Waals surface area contributed by atoms with Crippen molar-refractivity contribution in [3.63, 3.8) is 0 Å². The number of imidazole rings is 1. The van der Waals surface area contributed by atoms with Crippen molar-refractivity contribution in [2.24, 2.45) is 0 Å². The molecule has 4 nitrogen and oxygen atoms in total. The maximum Gasteiger partial charge on any atom is 0.417 e. The van der Waals surface area contributed by atoms with Crippen LogP contribution in [0.15, 0.2) is 16.7 Å². The minimum Gasteiger partial charge on any atom is -0.477 e. The number of rotatable bonds is 1. The minimum absolute atomic E-state index is 0.0907. The standard InChI is InChI=1S/C10H6BrF3N2O2/c1-4-7(9(17)18)16-3-5(10(12,13)14)2-6(11)8(16)15-4/h2-3H,1H3,(H,17,18). The van der Waals surface area contributed by atoms with E-state index < -0.39 is 17.7 Å². The van der Waals surface area contributed by atoms with Crippen LogP contribution in [0.25, 0.3) is 5.65 Å². The van der Waals surface area contributed by atoms with E-state index in [4.69, 9.17) is 5.11 Å². The van der Waals surface area contributed by atoms with Crippen LogP contribution in [-0.2, 0) is 6.18 Å².